The van der Waals surface area contributed by atoms with Gasteiger partial charge in [0, 0.05) is 54.1 Å². The number of para-hydroxylation sites is 1. The van der Waals surface area contributed by atoms with E-state index in [4.69, 9.17) is 9.72 Å². The van der Waals surface area contributed by atoms with E-state index in [0.29, 0.717) is 13.0 Å². The number of H-pyrrole nitrogens is 1. The van der Waals surface area contributed by atoms with Crippen molar-refractivity contribution in [1.29, 1.82) is 0 Å². The highest BCUT2D eigenvalue weighted by Gasteiger charge is 2.28. The van der Waals surface area contributed by atoms with E-state index in [1.54, 1.807) is 19.5 Å². The Kier molecular flexibility index (Phi) is 5.58. The molecule has 1 aliphatic rings. The first-order chi connectivity index (χ1) is 15.7. The molecule has 5 rings (SSSR count). The monoisotopic (exact) mass is 426 g/mol. The maximum Gasteiger partial charge on any atom is 0.227 e. The summed E-state index contributed by atoms with van der Waals surface area (Å²) in [5.74, 6) is 1.11. The highest BCUT2D eigenvalue weighted by molar-refractivity contribution is 5.89. The summed E-state index contributed by atoms with van der Waals surface area (Å²) in [6.45, 7) is 1.45. The van der Waals surface area contributed by atoms with Crippen molar-refractivity contribution in [3.63, 3.8) is 0 Å². The smallest absolute Gasteiger partial charge is 0.227 e. The molecule has 1 amide bonds. The molecule has 6 nitrogen and oxygen atoms in total. The van der Waals surface area contributed by atoms with E-state index in [-0.39, 0.29) is 11.8 Å². The van der Waals surface area contributed by atoms with Crippen molar-refractivity contribution in [3.05, 3.63) is 78.4 Å². The fourth-order valence-electron chi connectivity index (χ4n) is 4.62. The third kappa shape index (κ3) is 3.96. The zero-order valence-corrected chi connectivity index (χ0v) is 18.1. The zero-order chi connectivity index (χ0) is 21.9. The second-order valence-corrected chi connectivity index (χ2v) is 8.24. The van der Waals surface area contributed by atoms with Crippen LogP contribution in [0.5, 0.6) is 5.75 Å². The summed E-state index contributed by atoms with van der Waals surface area (Å²) in [5.41, 5.74) is 4.90. The minimum atomic E-state index is 0.158. The van der Waals surface area contributed by atoms with Gasteiger partial charge in [0.05, 0.1) is 24.9 Å². The molecule has 1 atom stereocenters. The molecule has 4 aromatic rings. The Morgan fingerprint density at radius 3 is 2.94 bits per heavy atom. The Labute approximate surface area is 187 Å². The summed E-state index contributed by atoms with van der Waals surface area (Å²) in [7, 11) is 1.66. The van der Waals surface area contributed by atoms with Gasteiger partial charge in [-0.25, -0.2) is 0 Å². The highest BCUT2D eigenvalue weighted by Crippen LogP contribution is 2.33. The average Bonchev–Trinajstić information content (AvgIpc) is 3.27. The van der Waals surface area contributed by atoms with Gasteiger partial charge in [-0.3, -0.25) is 14.8 Å². The van der Waals surface area contributed by atoms with Crippen molar-refractivity contribution in [2.24, 2.45) is 0 Å². The lowest BCUT2D eigenvalue weighted by Crippen LogP contribution is -2.40. The van der Waals surface area contributed by atoms with E-state index >= 15 is 0 Å². The fourth-order valence-corrected chi connectivity index (χ4v) is 4.62. The second-order valence-electron chi connectivity index (χ2n) is 8.24. The number of ether oxygens (including phenoxy) is 1. The van der Waals surface area contributed by atoms with Crippen molar-refractivity contribution in [1.82, 2.24) is 19.9 Å². The largest absolute Gasteiger partial charge is 0.497 e. The molecule has 2 aromatic carbocycles. The first-order valence-corrected chi connectivity index (χ1v) is 11.0. The van der Waals surface area contributed by atoms with Crippen LogP contribution in [0.1, 0.15) is 30.0 Å². The van der Waals surface area contributed by atoms with Gasteiger partial charge in [-0.05, 0) is 36.6 Å². The topological polar surface area (TPSA) is 71.1 Å². The van der Waals surface area contributed by atoms with Crippen LogP contribution in [-0.2, 0) is 11.2 Å². The Bertz CT molecular complexity index is 1250. The molecule has 1 fully saturated rings. The predicted octanol–water partition coefficient (Wildman–Crippen LogP) is 4.58. The van der Waals surface area contributed by atoms with Crippen LogP contribution in [0.3, 0.4) is 0 Å². The zero-order valence-electron chi connectivity index (χ0n) is 18.1. The third-order valence-electron chi connectivity index (χ3n) is 6.25. The molecule has 1 N–H and O–H groups in total. The van der Waals surface area contributed by atoms with Crippen LogP contribution in [0.4, 0.5) is 0 Å². The van der Waals surface area contributed by atoms with E-state index in [1.807, 2.05) is 53.6 Å². The quantitative estimate of drug-likeness (QED) is 0.507. The van der Waals surface area contributed by atoms with Gasteiger partial charge in [0.1, 0.15) is 5.75 Å². The maximum atomic E-state index is 13.2. The standard InChI is InChI=1S/C26H26N4O2/c1-32-21-8-4-6-18(14-21)25-26(28-12-11-27-25)19-7-5-13-30(17-19)24(31)15-20-16-29-23-10-3-2-9-22(20)23/h2-4,6,8-12,14,16,19,29H,5,7,13,15,17H2,1H3/t19-/m1/s1. The number of methoxy groups -OCH3 is 1. The van der Waals surface area contributed by atoms with E-state index in [1.165, 1.54) is 0 Å². The van der Waals surface area contributed by atoms with Gasteiger partial charge in [0.2, 0.25) is 5.91 Å². The summed E-state index contributed by atoms with van der Waals surface area (Å²) in [6, 6.07) is 16.0. The summed E-state index contributed by atoms with van der Waals surface area (Å²) in [6.07, 6.45) is 7.77. The number of likely N-dealkylation sites (tertiary alicyclic amines) is 1. The van der Waals surface area contributed by atoms with Gasteiger partial charge < -0.3 is 14.6 Å². The van der Waals surface area contributed by atoms with E-state index < -0.39 is 0 Å². The summed E-state index contributed by atoms with van der Waals surface area (Å²) in [5, 5.41) is 1.11. The average molecular weight is 427 g/mol. The predicted molar refractivity (Wildman–Crippen MR) is 125 cm³/mol. The molecule has 162 valence electrons. The number of rotatable bonds is 5. The number of carbonyl (C=O) groups excluding carboxylic acids is 1. The van der Waals surface area contributed by atoms with Gasteiger partial charge >= 0.3 is 0 Å². The molecule has 0 bridgehead atoms. The van der Waals surface area contributed by atoms with Gasteiger partial charge in [-0.2, -0.15) is 0 Å². The summed E-state index contributed by atoms with van der Waals surface area (Å²) < 4.78 is 5.39. The Morgan fingerprint density at radius 1 is 1.16 bits per heavy atom. The van der Waals surface area contributed by atoms with Gasteiger partial charge in [-0.15, -0.1) is 0 Å². The number of hydrogen-bond donors (Lipinski definition) is 1. The molecule has 6 heteroatoms. The van der Waals surface area contributed by atoms with Gasteiger partial charge in [0.15, 0.2) is 0 Å². The molecular formula is C26H26N4O2. The number of carbonyl (C=O) groups is 1. The Morgan fingerprint density at radius 2 is 2.03 bits per heavy atom. The fraction of sp³-hybridized carbons (Fsp3) is 0.269. The molecule has 0 spiro atoms. The first-order valence-electron chi connectivity index (χ1n) is 11.0. The number of aromatic nitrogens is 3. The van der Waals surface area contributed by atoms with Crippen LogP contribution < -0.4 is 4.74 Å². The molecule has 0 aliphatic carbocycles. The molecule has 0 radical (unpaired) electrons. The molecule has 3 heterocycles. The third-order valence-corrected chi connectivity index (χ3v) is 6.25. The van der Waals surface area contributed by atoms with Crippen molar-refractivity contribution in [2.45, 2.75) is 25.2 Å². The Hall–Kier alpha value is -3.67. The molecule has 32 heavy (non-hydrogen) atoms. The molecule has 2 aromatic heterocycles. The van der Waals surface area contributed by atoms with E-state index in [9.17, 15) is 4.79 Å². The van der Waals surface area contributed by atoms with Crippen molar-refractivity contribution >= 4 is 16.8 Å². The molecule has 0 unspecified atom stereocenters. The number of hydrogen-bond acceptors (Lipinski definition) is 4. The first kappa shape index (κ1) is 20.2. The maximum absolute atomic E-state index is 13.2. The molecule has 1 aliphatic heterocycles. The number of nitrogens with zero attached hydrogens (tertiary/aromatic N) is 3. The van der Waals surface area contributed by atoms with Crippen LogP contribution in [0.25, 0.3) is 22.2 Å². The Balaban J connectivity index is 1.37. The number of aromatic amines is 1. The van der Waals surface area contributed by atoms with Crippen LogP contribution in [0.2, 0.25) is 0 Å². The normalized spacial score (nSPS) is 16.3. The van der Waals surface area contributed by atoms with Crippen LogP contribution in [0, 0.1) is 0 Å². The number of benzene rings is 2. The van der Waals surface area contributed by atoms with Crippen molar-refractivity contribution in [3.8, 4) is 17.0 Å². The minimum absolute atomic E-state index is 0.158. The van der Waals surface area contributed by atoms with Crippen LogP contribution in [-0.4, -0.2) is 46.0 Å². The van der Waals surface area contributed by atoms with Crippen molar-refractivity contribution in [2.75, 3.05) is 20.2 Å². The summed E-state index contributed by atoms with van der Waals surface area (Å²) >= 11 is 0. The molecule has 1 saturated heterocycles. The van der Waals surface area contributed by atoms with Crippen molar-refractivity contribution < 1.29 is 9.53 Å². The lowest BCUT2D eigenvalue weighted by Gasteiger charge is -2.33. The van der Waals surface area contributed by atoms with E-state index in [2.05, 4.69) is 16.0 Å². The van der Waals surface area contributed by atoms with Gasteiger partial charge in [-0.1, -0.05) is 30.3 Å². The molecule has 0 saturated carbocycles. The van der Waals surface area contributed by atoms with Crippen LogP contribution >= 0.6 is 0 Å². The SMILES string of the molecule is COc1cccc(-c2nccnc2[C@@H]2CCCN(C(=O)Cc3c[nH]c4ccccc34)C2)c1. The lowest BCUT2D eigenvalue weighted by molar-refractivity contribution is -0.131. The number of fused-ring (bicyclic) bond motifs is 1. The van der Waals surface area contributed by atoms with Crippen LogP contribution in [0.15, 0.2) is 67.1 Å². The number of piperidine rings is 1. The lowest BCUT2D eigenvalue weighted by atomic mass is 9.91. The number of amides is 1. The minimum Gasteiger partial charge on any atom is -0.497 e. The van der Waals surface area contributed by atoms with E-state index in [0.717, 1.165) is 58.6 Å². The highest BCUT2D eigenvalue weighted by atomic mass is 16.5. The second kappa shape index (κ2) is 8.83. The van der Waals surface area contributed by atoms with Gasteiger partial charge in [0.25, 0.3) is 0 Å². The summed E-state index contributed by atoms with van der Waals surface area (Å²) in [4.78, 5) is 27.8. The molecular weight excluding hydrogens is 400 g/mol. The number of nitrogens with one attached hydrogen (secondary N) is 1.